The molecule has 7 heteroatoms. The lowest BCUT2D eigenvalue weighted by molar-refractivity contribution is -0.121. The lowest BCUT2D eigenvalue weighted by Gasteiger charge is -2.37. The van der Waals surface area contributed by atoms with Gasteiger partial charge in [-0.1, -0.05) is 6.07 Å². The number of nitrogens with zero attached hydrogens (tertiary/aromatic N) is 4. The molecule has 0 bridgehead atoms. The van der Waals surface area contributed by atoms with E-state index in [1.54, 1.807) is 11.3 Å². The lowest BCUT2D eigenvalue weighted by Crippen LogP contribution is -2.48. The second-order valence-corrected chi connectivity index (χ2v) is 8.04. The fraction of sp³-hybridized carbons (Fsp3) is 0.632. The highest BCUT2D eigenvalue weighted by Crippen LogP contribution is 2.37. The Morgan fingerprint density at radius 3 is 2.77 bits per heavy atom. The van der Waals surface area contributed by atoms with Crippen molar-refractivity contribution in [2.24, 2.45) is 10.2 Å². The molecular formula is C19H27N5OS. The van der Waals surface area contributed by atoms with E-state index in [4.69, 9.17) is 6.42 Å². The number of terminal acetylenes is 1. The largest absolute Gasteiger partial charge is 0.354 e. The van der Waals surface area contributed by atoms with Crippen molar-refractivity contribution < 1.29 is 4.79 Å². The number of rotatable bonds is 9. The summed E-state index contributed by atoms with van der Waals surface area (Å²) in [5.41, 5.74) is -0.381. The molecule has 140 valence electrons. The summed E-state index contributed by atoms with van der Waals surface area (Å²) in [6.07, 6.45) is 7.80. The third-order valence-electron chi connectivity index (χ3n) is 5.15. The number of amides is 1. The molecule has 1 amide bonds. The monoisotopic (exact) mass is 373 g/mol. The van der Waals surface area contributed by atoms with Gasteiger partial charge in [0.05, 0.1) is 6.04 Å². The van der Waals surface area contributed by atoms with Crippen molar-refractivity contribution in [3.8, 4) is 12.3 Å². The molecular weight excluding hydrogens is 346 g/mol. The summed E-state index contributed by atoms with van der Waals surface area (Å²) in [5.74, 6) is 2.69. The van der Waals surface area contributed by atoms with Crippen molar-refractivity contribution in [3.05, 3.63) is 22.4 Å². The summed E-state index contributed by atoms with van der Waals surface area (Å²) in [5, 5.41) is 13.4. The van der Waals surface area contributed by atoms with E-state index in [-0.39, 0.29) is 17.6 Å². The minimum atomic E-state index is -0.381. The first kappa shape index (κ1) is 19.0. The van der Waals surface area contributed by atoms with Crippen LogP contribution in [0.3, 0.4) is 0 Å². The van der Waals surface area contributed by atoms with Crippen molar-refractivity contribution >= 4 is 17.2 Å². The smallest absolute Gasteiger partial charge is 0.220 e. The zero-order valence-corrected chi connectivity index (χ0v) is 16.2. The molecule has 6 nitrogen and oxygen atoms in total. The molecule has 0 radical (unpaired) electrons. The molecule has 1 N–H and O–H groups in total. The average molecular weight is 374 g/mol. The van der Waals surface area contributed by atoms with E-state index in [1.165, 1.54) is 4.88 Å². The van der Waals surface area contributed by atoms with Crippen molar-refractivity contribution in [2.75, 3.05) is 39.8 Å². The van der Waals surface area contributed by atoms with E-state index in [0.29, 0.717) is 25.8 Å². The van der Waals surface area contributed by atoms with Gasteiger partial charge >= 0.3 is 0 Å². The average Bonchev–Trinajstić information content (AvgIpc) is 3.22. The maximum atomic E-state index is 12.3. The number of carbonyl (C=O) groups is 1. The first-order valence-electron chi connectivity index (χ1n) is 9.22. The molecule has 0 aliphatic carbocycles. The minimum absolute atomic E-state index is 0.0677. The predicted molar refractivity (Wildman–Crippen MR) is 104 cm³/mol. The molecule has 2 aliphatic heterocycles. The number of thiophene rings is 1. The summed E-state index contributed by atoms with van der Waals surface area (Å²) in [6, 6.07) is 4.49. The predicted octanol–water partition coefficient (Wildman–Crippen LogP) is 2.51. The van der Waals surface area contributed by atoms with Crippen molar-refractivity contribution in [2.45, 2.75) is 37.4 Å². The van der Waals surface area contributed by atoms with Gasteiger partial charge in [-0.3, -0.25) is 9.69 Å². The minimum Gasteiger partial charge on any atom is -0.354 e. The van der Waals surface area contributed by atoms with Crippen molar-refractivity contribution in [1.82, 2.24) is 15.1 Å². The van der Waals surface area contributed by atoms with Gasteiger partial charge in [0.1, 0.15) is 0 Å². The fourth-order valence-electron chi connectivity index (χ4n) is 3.30. The van der Waals surface area contributed by atoms with Gasteiger partial charge < -0.3 is 10.2 Å². The van der Waals surface area contributed by atoms with Crippen LogP contribution in [0.1, 0.15) is 36.6 Å². The van der Waals surface area contributed by atoms with E-state index in [0.717, 1.165) is 32.6 Å². The second kappa shape index (κ2) is 8.76. The van der Waals surface area contributed by atoms with Gasteiger partial charge in [0.15, 0.2) is 5.66 Å². The molecule has 1 saturated heterocycles. The SMILES string of the molecule is C#CCCC1(CCC(=O)NCC(c2cccs2)N2CCN(C)CC2)N=N1. The molecule has 0 aromatic carbocycles. The summed E-state index contributed by atoms with van der Waals surface area (Å²) >= 11 is 1.76. The molecule has 3 rings (SSSR count). The van der Waals surface area contributed by atoms with Crippen molar-refractivity contribution in [1.29, 1.82) is 0 Å². The highest BCUT2D eigenvalue weighted by Gasteiger charge is 2.39. The molecule has 0 saturated carbocycles. The highest BCUT2D eigenvalue weighted by atomic mass is 32.1. The molecule has 1 atom stereocenters. The molecule has 1 aromatic heterocycles. The Bertz CT molecular complexity index is 652. The normalized spacial score (nSPS) is 20.5. The van der Waals surface area contributed by atoms with Crippen LogP contribution in [-0.2, 0) is 4.79 Å². The van der Waals surface area contributed by atoms with Gasteiger partial charge in [-0.05, 0) is 18.5 Å². The number of nitrogens with one attached hydrogen (secondary N) is 1. The quantitative estimate of drug-likeness (QED) is 0.677. The summed E-state index contributed by atoms with van der Waals surface area (Å²) in [4.78, 5) is 18.5. The Morgan fingerprint density at radius 2 is 2.15 bits per heavy atom. The van der Waals surface area contributed by atoms with Crippen LogP contribution >= 0.6 is 11.3 Å². The number of hydrogen-bond acceptors (Lipinski definition) is 6. The lowest BCUT2D eigenvalue weighted by atomic mass is 10.0. The zero-order valence-electron chi connectivity index (χ0n) is 15.4. The summed E-state index contributed by atoms with van der Waals surface area (Å²) in [7, 11) is 2.16. The first-order valence-corrected chi connectivity index (χ1v) is 10.1. The standard InChI is InChI=1S/C19H27N5OS/c1-3-4-8-19(21-22-19)9-7-18(25)20-15-16(17-6-5-14-26-17)24-12-10-23(2)11-13-24/h1,5-6,14,16H,4,7-13,15H2,2H3,(H,20,25). The van der Waals surface area contributed by atoms with Gasteiger partial charge in [-0.25, -0.2) is 0 Å². The van der Waals surface area contributed by atoms with E-state index in [2.05, 4.69) is 55.8 Å². The maximum Gasteiger partial charge on any atom is 0.220 e. The summed E-state index contributed by atoms with van der Waals surface area (Å²) < 4.78 is 0. The van der Waals surface area contributed by atoms with E-state index >= 15 is 0 Å². The molecule has 26 heavy (non-hydrogen) atoms. The number of carbonyl (C=O) groups excluding carboxylic acids is 1. The zero-order chi connectivity index (χ0) is 18.4. The van der Waals surface area contributed by atoms with Gasteiger partial charge in [0, 0.05) is 63.3 Å². The van der Waals surface area contributed by atoms with Crippen LogP contribution in [0, 0.1) is 12.3 Å². The Balaban J connectivity index is 1.48. The first-order chi connectivity index (χ1) is 12.6. The molecule has 2 aliphatic rings. The Kier molecular flexibility index (Phi) is 6.41. The Morgan fingerprint density at radius 1 is 1.38 bits per heavy atom. The van der Waals surface area contributed by atoms with E-state index in [1.807, 2.05) is 0 Å². The van der Waals surface area contributed by atoms with Crippen LogP contribution in [0.15, 0.2) is 27.7 Å². The Labute approximate surface area is 159 Å². The number of likely N-dealkylation sites (N-methyl/N-ethyl adjacent to an activating group) is 1. The maximum absolute atomic E-state index is 12.3. The number of hydrogen-bond donors (Lipinski definition) is 1. The van der Waals surface area contributed by atoms with E-state index < -0.39 is 0 Å². The molecule has 0 spiro atoms. The van der Waals surface area contributed by atoms with Crippen molar-refractivity contribution in [3.63, 3.8) is 0 Å². The van der Waals surface area contributed by atoms with Crippen LogP contribution in [0.4, 0.5) is 0 Å². The van der Waals surface area contributed by atoms with E-state index in [9.17, 15) is 4.79 Å². The molecule has 1 unspecified atom stereocenters. The topological polar surface area (TPSA) is 60.3 Å². The summed E-state index contributed by atoms with van der Waals surface area (Å²) in [6.45, 7) is 4.84. The van der Waals surface area contributed by atoms with Gasteiger partial charge in [-0.15, -0.1) is 23.7 Å². The third-order valence-corrected chi connectivity index (χ3v) is 6.12. The molecule has 1 fully saturated rings. The number of piperazine rings is 1. The van der Waals surface area contributed by atoms with Gasteiger partial charge in [-0.2, -0.15) is 10.2 Å². The highest BCUT2D eigenvalue weighted by molar-refractivity contribution is 7.10. The molecule has 1 aromatic rings. The fourth-order valence-corrected chi connectivity index (χ4v) is 4.17. The molecule has 3 heterocycles. The Hall–Kier alpha value is -1.75. The van der Waals surface area contributed by atoms with Gasteiger partial charge in [0.2, 0.25) is 5.91 Å². The second-order valence-electron chi connectivity index (χ2n) is 7.06. The van der Waals surface area contributed by atoms with Crippen LogP contribution in [-0.4, -0.2) is 61.1 Å². The van der Waals surface area contributed by atoms with Crippen LogP contribution in [0.5, 0.6) is 0 Å². The van der Waals surface area contributed by atoms with Crippen LogP contribution in [0.2, 0.25) is 0 Å². The third kappa shape index (κ3) is 5.13. The van der Waals surface area contributed by atoms with Crippen LogP contribution in [0.25, 0.3) is 0 Å². The van der Waals surface area contributed by atoms with Gasteiger partial charge in [0.25, 0.3) is 0 Å². The van der Waals surface area contributed by atoms with Crippen LogP contribution < -0.4 is 5.32 Å².